The van der Waals surface area contributed by atoms with Crippen molar-refractivity contribution < 1.29 is 9.53 Å². The van der Waals surface area contributed by atoms with Crippen molar-refractivity contribution in [1.82, 2.24) is 24.9 Å². The zero-order chi connectivity index (χ0) is 20.1. The lowest BCUT2D eigenvalue weighted by molar-refractivity contribution is 0.0945. The van der Waals surface area contributed by atoms with Crippen molar-refractivity contribution in [2.45, 2.75) is 33.5 Å². The van der Waals surface area contributed by atoms with E-state index in [1.165, 1.54) is 0 Å². The van der Waals surface area contributed by atoms with Gasteiger partial charge in [0.1, 0.15) is 21.6 Å². The van der Waals surface area contributed by atoms with E-state index >= 15 is 0 Å². The number of rotatable bonds is 8. The fourth-order valence-electron chi connectivity index (χ4n) is 2.61. The molecule has 0 saturated carbocycles. The van der Waals surface area contributed by atoms with Crippen LogP contribution in [0.25, 0.3) is 0 Å². The summed E-state index contributed by atoms with van der Waals surface area (Å²) in [6.45, 7) is 5.04. The molecule has 0 aliphatic carbocycles. The van der Waals surface area contributed by atoms with Crippen molar-refractivity contribution in [3.8, 4) is 5.75 Å². The van der Waals surface area contributed by atoms with Crippen molar-refractivity contribution in [3.63, 3.8) is 0 Å². The van der Waals surface area contributed by atoms with Crippen molar-refractivity contribution in [3.05, 3.63) is 63.7 Å². The second kappa shape index (κ2) is 9.12. The molecule has 0 atom stereocenters. The molecule has 7 nitrogen and oxygen atoms in total. The number of carbonyl (C=O) groups excluding carboxylic acids is 1. The van der Waals surface area contributed by atoms with Crippen molar-refractivity contribution >= 4 is 29.1 Å². The molecule has 1 amide bonds. The molecule has 1 N–H and O–H groups in total. The Kier molecular flexibility index (Phi) is 6.59. The summed E-state index contributed by atoms with van der Waals surface area (Å²) >= 11 is 12.1. The zero-order valence-corrected chi connectivity index (χ0v) is 17.2. The number of carbonyl (C=O) groups is 1. The summed E-state index contributed by atoms with van der Waals surface area (Å²) < 4.78 is 8.93. The summed E-state index contributed by atoms with van der Waals surface area (Å²) in [4.78, 5) is 12.2. The smallest absolute Gasteiger partial charge is 0.271 e. The van der Waals surface area contributed by atoms with E-state index in [9.17, 15) is 4.79 Å². The van der Waals surface area contributed by atoms with Crippen LogP contribution in [0.4, 0.5) is 0 Å². The van der Waals surface area contributed by atoms with Crippen LogP contribution in [-0.4, -0.2) is 32.0 Å². The number of hydrogen-bond donors (Lipinski definition) is 1. The molecule has 0 aliphatic rings. The third-order valence-corrected chi connectivity index (χ3v) is 5.08. The number of benzene rings is 1. The van der Waals surface area contributed by atoms with Gasteiger partial charge in [-0.15, -0.1) is 0 Å². The molecule has 9 heteroatoms. The van der Waals surface area contributed by atoms with Crippen LogP contribution in [0.15, 0.2) is 36.5 Å². The molecule has 28 heavy (non-hydrogen) atoms. The van der Waals surface area contributed by atoms with Gasteiger partial charge in [0.2, 0.25) is 0 Å². The lowest BCUT2D eigenvalue weighted by Gasteiger charge is -2.08. The van der Waals surface area contributed by atoms with Crippen LogP contribution in [0.1, 0.15) is 28.2 Å². The number of ether oxygens (including phenoxy) is 1. The Morgan fingerprint density at radius 1 is 1.18 bits per heavy atom. The Bertz CT molecular complexity index is 967. The van der Waals surface area contributed by atoms with Crippen LogP contribution in [0, 0.1) is 13.8 Å². The molecule has 2 heterocycles. The van der Waals surface area contributed by atoms with E-state index < -0.39 is 0 Å². The highest BCUT2D eigenvalue weighted by Gasteiger charge is 2.12. The third kappa shape index (κ3) is 4.85. The number of nitrogens with one attached hydrogen (secondary N) is 1. The van der Waals surface area contributed by atoms with Crippen molar-refractivity contribution in [2.75, 3.05) is 6.54 Å². The first-order chi connectivity index (χ1) is 13.5. The number of hydrogen-bond acceptors (Lipinski definition) is 4. The van der Waals surface area contributed by atoms with Crippen LogP contribution in [0.2, 0.25) is 10.2 Å². The molecule has 1 aromatic carbocycles. The topological polar surface area (TPSA) is 74.0 Å². The molecule has 3 aromatic rings. The summed E-state index contributed by atoms with van der Waals surface area (Å²) in [6, 6.07) is 9.39. The lowest BCUT2D eigenvalue weighted by atomic mass is 10.2. The largest absolute Gasteiger partial charge is 0.471 e. The van der Waals surface area contributed by atoms with Gasteiger partial charge >= 0.3 is 0 Å². The second-order valence-corrected chi connectivity index (χ2v) is 7.04. The monoisotopic (exact) mass is 421 g/mol. The zero-order valence-electron chi connectivity index (χ0n) is 15.7. The Hall–Kier alpha value is -2.51. The van der Waals surface area contributed by atoms with Crippen molar-refractivity contribution in [1.29, 1.82) is 0 Å². The molecular weight excluding hydrogens is 401 g/mol. The highest BCUT2D eigenvalue weighted by Crippen LogP contribution is 2.24. The van der Waals surface area contributed by atoms with Gasteiger partial charge in [-0.25, -0.2) is 4.68 Å². The number of aromatic nitrogens is 4. The molecule has 2 aromatic heterocycles. The summed E-state index contributed by atoms with van der Waals surface area (Å²) in [6.07, 6.45) is 2.38. The van der Waals surface area contributed by atoms with Gasteiger partial charge in [-0.1, -0.05) is 41.4 Å². The highest BCUT2D eigenvalue weighted by atomic mass is 35.5. The first-order valence-corrected chi connectivity index (χ1v) is 9.60. The molecule has 0 bridgehead atoms. The average molecular weight is 422 g/mol. The van der Waals surface area contributed by atoms with Crippen LogP contribution in [0.3, 0.4) is 0 Å². The number of amides is 1. The maximum atomic E-state index is 12.2. The van der Waals surface area contributed by atoms with Gasteiger partial charge in [0, 0.05) is 19.3 Å². The van der Waals surface area contributed by atoms with Crippen LogP contribution >= 0.6 is 23.2 Å². The van der Waals surface area contributed by atoms with Gasteiger partial charge in [-0.3, -0.25) is 9.48 Å². The van der Waals surface area contributed by atoms with E-state index in [0.717, 1.165) is 11.3 Å². The molecule has 0 radical (unpaired) electrons. The van der Waals surface area contributed by atoms with E-state index in [-0.39, 0.29) is 12.6 Å². The Morgan fingerprint density at radius 3 is 2.68 bits per heavy atom. The summed E-state index contributed by atoms with van der Waals surface area (Å²) in [5.41, 5.74) is 2.07. The molecule has 0 saturated heterocycles. The molecule has 0 fully saturated rings. The minimum Gasteiger partial charge on any atom is -0.471 e. The Labute approximate surface area is 173 Å². The molecule has 0 spiro atoms. The van der Waals surface area contributed by atoms with E-state index in [2.05, 4.69) is 15.5 Å². The lowest BCUT2D eigenvalue weighted by Crippen LogP contribution is -2.26. The fourth-order valence-corrected chi connectivity index (χ4v) is 3.00. The van der Waals surface area contributed by atoms with E-state index in [4.69, 9.17) is 27.9 Å². The summed E-state index contributed by atoms with van der Waals surface area (Å²) in [7, 11) is 0. The minimum atomic E-state index is -0.240. The maximum Gasteiger partial charge on any atom is 0.271 e. The normalized spacial score (nSPS) is 10.9. The quantitative estimate of drug-likeness (QED) is 0.560. The minimum absolute atomic E-state index is 0.232. The predicted octanol–water partition coefficient (Wildman–Crippen LogP) is 3.86. The van der Waals surface area contributed by atoms with Crippen LogP contribution in [0.5, 0.6) is 5.75 Å². The molecule has 148 valence electrons. The van der Waals surface area contributed by atoms with E-state index in [1.54, 1.807) is 28.6 Å². The average Bonchev–Trinajstić information content (AvgIpc) is 3.25. The molecule has 0 unspecified atom stereocenters. The van der Waals surface area contributed by atoms with Crippen LogP contribution in [-0.2, 0) is 13.3 Å². The number of aryl methyl sites for hydroxylation is 3. The Morgan fingerprint density at radius 2 is 1.96 bits per heavy atom. The predicted molar refractivity (Wildman–Crippen MR) is 108 cm³/mol. The van der Waals surface area contributed by atoms with Crippen molar-refractivity contribution in [2.24, 2.45) is 0 Å². The first-order valence-electron chi connectivity index (χ1n) is 8.84. The van der Waals surface area contributed by atoms with Gasteiger partial charge in [-0.2, -0.15) is 10.2 Å². The number of halogens is 2. The SMILES string of the molecule is Cc1ccccc1OCn1ccc(C(=O)NCCCn2nc(C)c(Cl)c2Cl)n1. The highest BCUT2D eigenvalue weighted by molar-refractivity contribution is 6.41. The Balaban J connectivity index is 1.45. The molecule has 0 aliphatic heterocycles. The second-order valence-electron chi connectivity index (χ2n) is 6.30. The number of para-hydroxylation sites is 1. The van der Waals surface area contributed by atoms with Crippen LogP contribution < -0.4 is 10.1 Å². The van der Waals surface area contributed by atoms with Gasteiger partial charge < -0.3 is 10.1 Å². The first kappa shape index (κ1) is 20.2. The van der Waals surface area contributed by atoms with E-state index in [1.807, 2.05) is 31.2 Å². The molecular formula is C19H21Cl2N5O2. The number of nitrogens with zero attached hydrogens (tertiary/aromatic N) is 4. The fraction of sp³-hybridized carbons (Fsp3) is 0.316. The van der Waals surface area contributed by atoms with Gasteiger partial charge in [0.25, 0.3) is 5.91 Å². The summed E-state index contributed by atoms with van der Waals surface area (Å²) in [5.74, 6) is 0.548. The van der Waals surface area contributed by atoms with Gasteiger partial charge in [0.15, 0.2) is 6.73 Å². The summed E-state index contributed by atoms with van der Waals surface area (Å²) in [5, 5.41) is 12.2. The maximum absolute atomic E-state index is 12.2. The standard InChI is InChI=1S/C19H21Cl2N5O2/c1-13-6-3-4-7-16(13)28-12-25-11-8-15(24-25)19(27)22-9-5-10-26-18(21)17(20)14(2)23-26/h3-4,6-8,11H,5,9-10,12H2,1-2H3,(H,22,27). The molecule has 3 rings (SSSR count). The van der Waals surface area contributed by atoms with Gasteiger partial charge in [0.05, 0.1) is 5.69 Å². The van der Waals surface area contributed by atoms with E-state index in [0.29, 0.717) is 41.1 Å². The third-order valence-electron chi connectivity index (χ3n) is 4.15. The van der Waals surface area contributed by atoms with Gasteiger partial charge in [-0.05, 0) is 38.0 Å².